The first-order valence-electron chi connectivity index (χ1n) is 10.8. The minimum Gasteiger partial charge on any atom is -0.390 e. The molecule has 0 aromatic rings. The van der Waals surface area contributed by atoms with Crippen LogP contribution in [-0.2, 0) is 0 Å². The average Bonchev–Trinajstić information content (AvgIpc) is 2.63. The summed E-state index contributed by atoms with van der Waals surface area (Å²) in [6.45, 7) is 8.80. The standard InChI is InChI=1S/C22H35F11O/c1-9-16(7,19(25,26)20(27,28)21(29,30)22(31,32)33)13-18(23,24)17(8,10-2)14(3,4)11-12-15(5,6)34/h34H,9-13H2,1-8H3. The molecule has 0 radical (unpaired) electrons. The Hall–Kier alpha value is -0.810. The summed E-state index contributed by atoms with van der Waals surface area (Å²) >= 11 is 0. The van der Waals surface area contributed by atoms with Crippen LogP contribution in [0.2, 0.25) is 0 Å². The summed E-state index contributed by atoms with van der Waals surface area (Å²) in [5, 5.41) is 9.95. The molecule has 2 unspecified atom stereocenters. The van der Waals surface area contributed by atoms with Crippen molar-refractivity contribution in [1.29, 1.82) is 0 Å². The fourth-order valence-electron chi connectivity index (χ4n) is 4.02. The summed E-state index contributed by atoms with van der Waals surface area (Å²) in [5.41, 5.74) is -8.44. The highest BCUT2D eigenvalue weighted by molar-refractivity contribution is 5.10. The van der Waals surface area contributed by atoms with E-state index >= 15 is 8.78 Å². The van der Waals surface area contributed by atoms with E-state index in [-0.39, 0.29) is 26.2 Å². The molecule has 0 aliphatic rings. The first-order valence-corrected chi connectivity index (χ1v) is 10.8. The first kappa shape index (κ1) is 33.2. The Morgan fingerprint density at radius 3 is 1.26 bits per heavy atom. The molecule has 2 atom stereocenters. The van der Waals surface area contributed by atoms with Gasteiger partial charge in [0.1, 0.15) is 0 Å². The van der Waals surface area contributed by atoms with Crippen molar-refractivity contribution in [3.63, 3.8) is 0 Å². The molecular formula is C22H35F11O. The summed E-state index contributed by atoms with van der Waals surface area (Å²) in [4.78, 5) is 0. The fraction of sp³-hybridized carbons (Fsp3) is 1.00. The van der Waals surface area contributed by atoms with E-state index in [0.717, 1.165) is 13.8 Å². The smallest absolute Gasteiger partial charge is 0.390 e. The summed E-state index contributed by atoms with van der Waals surface area (Å²) in [6.07, 6.45) is -10.7. The van der Waals surface area contributed by atoms with Crippen molar-refractivity contribution >= 4 is 0 Å². The van der Waals surface area contributed by atoms with Gasteiger partial charge < -0.3 is 5.11 Å². The quantitative estimate of drug-likeness (QED) is 0.253. The van der Waals surface area contributed by atoms with Gasteiger partial charge in [-0.1, -0.05) is 41.5 Å². The van der Waals surface area contributed by atoms with Crippen LogP contribution in [0.3, 0.4) is 0 Å². The van der Waals surface area contributed by atoms with Gasteiger partial charge in [0, 0.05) is 17.3 Å². The van der Waals surface area contributed by atoms with Crippen molar-refractivity contribution < 1.29 is 53.4 Å². The van der Waals surface area contributed by atoms with Crippen molar-refractivity contribution in [2.75, 3.05) is 0 Å². The Labute approximate surface area is 193 Å². The number of alkyl halides is 11. The topological polar surface area (TPSA) is 20.2 Å². The Balaban J connectivity index is 6.57. The Morgan fingerprint density at radius 2 is 0.971 bits per heavy atom. The zero-order valence-electron chi connectivity index (χ0n) is 20.6. The summed E-state index contributed by atoms with van der Waals surface area (Å²) in [7, 11) is 0. The first-order chi connectivity index (χ1) is 14.5. The van der Waals surface area contributed by atoms with Crippen LogP contribution in [0.4, 0.5) is 48.3 Å². The highest BCUT2D eigenvalue weighted by atomic mass is 19.4. The maximum absolute atomic E-state index is 15.7. The van der Waals surface area contributed by atoms with Crippen LogP contribution in [0.25, 0.3) is 0 Å². The predicted molar refractivity (Wildman–Crippen MR) is 107 cm³/mol. The maximum atomic E-state index is 15.7. The van der Waals surface area contributed by atoms with E-state index in [1.165, 1.54) is 34.6 Å². The largest absolute Gasteiger partial charge is 0.460 e. The molecule has 0 aliphatic carbocycles. The number of hydrogen-bond acceptors (Lipinski definition) is 1. The Morgan fingerprint density at radius 1 is 0.559 bits per heavy atom. The average molecular weight is 524 g/mol. The second-order valence-electron chi connectivity index (χ2n) is 10.9. The lowest BCUT2D eigenvalue weighted by Gasteiger charge is -2.52. The molecule has 0 bridgehead atoms. The molecule has 0 saturated carbocycles. The SMILES string of the molecule is CCC(C)(CC(F)(F)C(C)(CC)C(C)(C)CCC(C)(C)O)C(F)(F)C(F)(F)C(F)(F)C(F)(F)F. The molecule has 1 nitrogen and oxygen atoms in total. The molecule has 0 spiro atoms. The third kappa shape index (κ3) is 5.45. The van der Waals surface area contributed by atoms with E-state index < -0.39 is 64.6 Å². The lowest BCUT2D eigenvalue weighted by molar-refractivity contribution is -0.414. The predicted octanol–water partition coefficient (Wildman–Crippen LogP) is 8.89. The van der Waals surface area contributed by atoms with Crippen molar-refractivity contribution in [3.8, 4) is 0 Å². The Bertz CT molecular complexity index is 692. The minimum absolute atomic E-state index is 0.0166. The van der Waals surface area contributed by atoms with Gasteiger partial charge in [0.25, 0.3) is 5.92 Å². The molecule has 0 heterocycles. The summed E-state index contributed by atoms with van der Waals surface area (Å²) < 4.78 is 154. The highest BCUT2D eigenvalue weighted by Crippen LogP contribution is 2.64. The van der Waals surface area contributed by atoms with E-state index in [0.29, 0.717) is 0 Å². The number of halogens is 11. The zero-order chi connectivity index (χ0) is 28.0. The van der Waals surface area contributed by atoms with Crippen LogP contribution in [0.5, 0.6) is 0 Å². The number of aliphatic hydroxyl groups is 1. The molecule has 0 fully saturated rings. The number of hydrogen-bond donors (Lipinski definition) is 1. The van der Waals surface area contributed by atoms with Gasteiger partial charge in [-0.05, 0) is 44.9 Å². The van der Waals surface area contributed by atoms with Gasteiger partial charge in [0.15, 0.2) is 0 Å². The van der Waals surface area contributed by atoms with Crippen molar-refractivity contribution in [3.05, 3.63) is 0 Å². The number of rotatable bonds is 12. The van der Waals surface area contributed by atoms with Crippen LogP contribution in [-0.4, -0.2) is 40.6 Å². The molecule has 0 aliphatic heterocycles. The second kappa shape index (κ2) is 9.25. The molecular weight excluding hydrogens is 489 g/mol. The van der Waals surface area contributed by atoms with Gasteiger partial charge in [-0.2, -0.15) is 39.5 Å². The van der Waals surface area contributed by atoms with Crippen molar-refractivity contribution in [1.82, 2.24) is 0 Å². The van der Waals surface area contributed by atoms with Gasteiger partial charge in [0.2, 0.25) is 0 Å². The third-order valence-corrected chi connectivity index (χ3v) is 7.67. The molecule has 0 aromatic carbocycles. The molecule has 0 saturated heterocycles. The normalized spacial score (nSPS) is 19.1. The van der Waals surface area contributed by atoms with Crippen LogP contribution in [0, 0.1) is 16.2 Å². The van der Waals surface area contributed by atoms with E-state index in [2.05, 4.69) is 0 Å². The zero-order valence-corrected chi connectivity index (χ0v) is 20.6. The van der Waals surface area contributed by atoms with Gasteiger partial charge in [0.05, 0.1) is 5.60 Å². The van der Waals surface area contributed by atoms with Gasteiger partial charge in [-0.25, -0.2) is 8.78 Å². The summed E-state index contributed by atoms with van der Waals surface area (Å²) in [5.74, 6) is -24.5. The fourth-order valence-corrected chi connectivity index (χ4v) is 4.02. The van der Waals surface area contributed by atoms with Crippen LogP contribution >= 0.6 is 0 Å². The lowest BCUT2D eigenvalue weighted by Crippen LogP contribution is -2.66. The van der Waals surface area contributed by atoms with Gasteiger partial charge in [-0.3, -0.25) is 0 Å². The monoisotopic (exact) mass is 524 g/mol. The molecule has 12 heteroatoms. The van der Waals surface area contributed by atoms with Gasteiger partial charge >= 0.3 is 23.9 Å². The molecule has 0 rings (SSSR count). The Kier molecular flexibility index (Phi) is 9.03. The third-order valence-electron chi connectivity index (χ3n) is 7.67. The van der Waals surface area contributed by atoms with Crippen LogP contribution in [0.15, 0.2) is 0 Å². The van der Waals surface area contributed by atoms with Crippen LogP contribution in [0.1, 0.15) is 87.5 Å². The maximum Gasteiger partial charge on any atom is 0.460 e. The van der Waals surface area contributed by atoms with E-state index in [4.69, 9.17) is 0 Å². The van der Waals surface area contributed by atoms with Crippen molar-refractivity contribution in [2.45, 2.75) is 123 Å². The molecule has 1 N–H and O–H groups in total. The van der Waals surface area contributed by atoms with E-state index in [9.17, 15) is 44.6 Å². The van der Waals surface area contributed by atoms with Crippen LogP contribution < -0.4 is 0 Å². The second-order valence-corrected chi connectivity index (χ2v) is 10.9. The summed E-state index contributed by atoms with van der Waals surface area (Å²) in [6, 6.07) is 0. The minimum atomic E-state index is -7.16. The molecule has 0 aromatic heterocycles. The van der Waals surface area contributed by atoms with Gasteiger partial charge in [-0.15, -0.1) is 0 Å². The lowest BCUT2D eigenvalue weighted by atomic mass is 9.56. The van der Waals surface area contributed by atoms with E-state index in [1.54, 1.807) is 0 Å². The molecule has 34 heavy (non-hydrogen) atoms. The molecule has 206 valence electrons. The molecule has 0 amide bonds. The van der Waals surface area contributed by atoms with E-state index in [1.807, 2.05) is 0 Å². The van der Waals surface area contributed by atoms with Crippen molar-refractivity contribution in [2.24, 2.45) is 16.2 Å². The highest BCUT2D eigenvalue weighted by Gasteiger charge is 2.85.